The van der Waals surface area contributed by atoms with Gasteiger partial charge in [-0.25, -0.2) is 4.79 Å². The van der Waals surface area contributed by atoms with Gasteiger partial charge in [0.05, 0.1) is 11.0 Å². The molecular weight excluding hydrogens is 248 g/mol. The number of nitriles is 1. The van der Waals surface area contributed by atoms with Crippen molar-refractivity contribution >= 4 is 17.7 Å². The molecule has 0 aromatic heterocycles. The number of ether oxygens (including phenoxy) is 1. The first-order valence-electron chi connectivity index (χ1n) is 5.51. The summed E-state index contributed by atoms with van der Waals surface area (Å²) in [6.45, 7) is 3.33. The van der Waals surface area contributed by atoms with Crippen LogP contribution in [0.2, 0.25) is 0 Å². The first kappa shape index (κ1) is 14.4. The third-order valence-corrected chi connectivity index (χ3v) is 2.08. The number of non-ortho nitro benzene ring substituents is 1. The van der Waals surface area contributed by atoms with Crippen LogP contribution in [-0.2, 0) is 9.53 Å². The second kappa shape index (κ2) is 6.31. The van der Waals surface area contributed by atoms with E-state index in [2.05, 4.69) is 0 Å². The molecule has 0 heterocycles. The maximum absolute atomic E-state index is 11.6. The second-order valence-electron chi connectivity index (χ2n) is 3.98. The highest BCUT2D eigenvalue weighted by atomic mass is 16.6. The average molecular weight is 260 g/mol. The molecule has 98 valence electrons. The Morgan fingerprint density at radius 2 is 2.21 bits per heavy atom. The first-order valence-corrected chi connectivity index (χ1v) is 5.51. The van der Waals surface area contributed by atoms with Gasteiger partial charge in [-0.05, 0) is 25.5 Å². The van der Waals surface area contributed by atoms with Crippen LogP contribution in [-0.4, -0.2) is 17.0 Å². The minimum absolute atomic E-state index is 0.108. The van der Waals surface area contributed by atoms with Gasteiger partial charge in [0.15, 0.2) is 0 Å². The zero-order chi connectivity index (χ0) is 14.4. The summed E-state index contributed by atoms with van der Waals surface area (Å²) in [5.74, 6) is -0.746. The largest absolute Gasteiger partial charge is 0.459 e. The number of nitrogens with zero attached hydrogens (tertiary/aromatic N) is 2. The predicted octanol–water partition coefficient (Wildman–Crippen LogP) is 2.45. The number of esters is 1. The fourth-order valence-corrected chi connectivity index (χ4v) is 1.31. The van der Waals surface area contributed by atoms with Gasteiger partial charge in [-0.1, -0.05) is 12.1 Å². The molecule has 0 N–H and O–H groups in total. The Labute approximate surface area is 110 Å². The molecule has 1 rings (SSSR count). The van der Waals surface area contributed by atoms with E-state index in [1.54, 1.807) is 26.0 Å². The van der Waals surface area contributed by atoms with Crippen LogP contribution in [0.4, 0.5) is 5.69 Å². The van der Waals surface area contributed by atoms with Crippen molar-refractivity contribution in [1.82, 2.24) is 0 Å². The van der Waals surface area contributed by atoms with Crippen LogP contribution in [0.15, 0.2) is 29.8 Å². The lowest BCUT2D eigenvalue weighted by molar-refractivity contribution is -0.384. The zero-order valence-electron chi connectivity index (χ0n) is 10.5. The van der Waals surface area contributed by atoms with E-state index in [1.807, 2.05) is 0 Å². The first-order chi connectivity index (χ1) is 8.93. The van der Waals surface area contributed by atoms with Gasteiger partial charge in [-0.15, -0.1) is 0 Å². The van der Waals surface area contributed by atoms with E-state index in [-0.39, 0.29) is 17.4 Å². The number of carbonyl (C=O) groups is 1. The van der Waals surface area contributed by atoms with Crippen LogP contribution in [0, 0.1) is 21.4 Å². The summed E-state index contributed by atoms with van der Waals surface area (Å²) in [5.41, 5.74) is 0.0870. The molecule has 0 amide bonds. The Balaban J connectivity index is 3.05. The number of hydrogen-bond acceptors (Lipinski definition) is 5. The predicted molar refractivity (Wildman–Crippen MR) is 67.9 cm³/mol. The lowest BCUT2D eigenvalue weighted by Crippen LogP contribution is -2.12. The minimum Gasteiger partial charge on any atom is -0.459 e. The molecule has 19 heavy (non-hydrogen) atoms. The van der Waals surface area contributed by atoms with E-state index < -0.39 is 10.9 Å². The van der Waals surface area contributed by atoms with Gasteiger partial charge >= 0.3 is 5.97 Å². The average Bonchev–Trinajstić information content (AvgIpc) is 2.35. The van der Waals surface area contributed by atoms with Crippen LogP contribution in [0.3, 0.4) is 0 Å². The third-order valence-electron chi connectivity index (χ3n) is 2.08. The quantitative estimate of drug-likeness (QED) is 0.272. The monoisotopic (exact) mass is 260 g/mol. The molecule has 0 radical (unpaired) electrons. The number of benzene rings is 1. The fourth-order valence-electron chi connectivity index (χ4n) is 1.31. The Bertz CT molecular complexity index is 570. The molecular formula is C13H12N2O4. The van der Waals surface area contributed by atoms with Crippen LogP contribution in [0.5, 0.6) is 0 Å². The second-order valence-corrected chi connectivity index (χ2v) is 3.98. The van der Waals surface area contributed by atoms with E-state index in [9.17, 15) is 14.9 Å². The Kier molecular flexibility index (Phi) is 4.77. The highest BCUT2D eigenvalue weighted by molar-refractivity contribution is 5.98. The maximum atomic E-state index is 11.6. The molecule has 0 bridgehead atoms. The van der Waals surface area contributed by atoms with E-state index in [0.29, 0.717) is 5.56 Å². The van der Waals surface area contributed by atoms with Crippen molar-refractivity contribution in [1.29, 1.82) is 5.26 Å². The van der Waals surface area contributed by atoms with Gasteiger partial charge in [0.2, 0.25) is 0 Å². The van der Waals surface area contributed by atoms with Gasteiger partial charge in [0, 0.05) is 12.1 Å². The van der Waals surface area contributed by atoms with Crippen molar-refractivity contribution in [3.63, 3.8) is 0 Å². The van der Waals surface area contributed by atoms with Crippen LogP contribution < -0.4 is 0 Å². The standard InChI is InChI=1S/C13H12N2O4/c1-9(2)19-13(16)11(8-14)6-10-4-3-5-12(7-10)15(17)18/h3-7,9H,1-2H3/b11-6-. The zero-order valence-corrected chi connectivity index (χ0v) is 10.5. The Morgan fingerprint density at radius 1 is 1.53 bits per heavy atom. The molecule has 0 saturated heterocycles. The van der Waals surface area contributed by atoms with E-state index in [4.69, 9.17) is 10.00 Å². The van der Waals surface area contributed by atoms with Gasteiger partial charge in [-0.3, -0.25) is 10.1 Å². The summed E-state index contributed by atoms with van der Waals surface area (Å²) >= 11 is 0. The topological polar surface area (TPSA) is 93.2 Å². The Hall–Kier alpha value is -2.68. The molecule has 0 saturated carbocycles. The van der Waals surface area contributed by atoms with Crippen LogP contribution in [0.1, 0.15) is 19.4 Å². The lowest BCUT2D eigenvalue weighted by atomic mass is 10.1. The molecule has 0 fully saturated rings. The van der Waals surface area contributed by atoms with Crippen LogP contribution in [0.25, 0.3) is 6.08 Å². The fraction of sp³-hybridized carbons (Fsp3) is 0.231. The molecule has 0 atom stereocenters. The molecule has 6 heteroatoms. The maximum Gasteiger partial charge on any atom is 0.349 e. The number of rotatable bonds is 4. The highest BCUT2D eigenvalue weighted by Crippen LogP contribution is 2.16. The van der Waals surface area contributed by atoms with Crippen molar-refractivity contribution in [2.45, 2.75) is 20.0 Å². The molecule has 6 nitrogen and oxygen atoms in total. The lowest BCUT2D eigenvalue weighted by Gasteiger charge is -2.06. The number of carbonyl (C=O) groups excluding carboxylic acids is 1. The van der Waals surface area contributed by atoms with Gasteiger partial charge < -0.3 is 4.74 Å². The summed E-state index contributed by atoms with van der Waals surface area (Å²) in [6, 6.07) is 7.37. The molecule has 0 aliphatic heterocycles. The number of hydrogen-bond donors (Lipinski definition) is 0. The van der Waals surface area contributed by atoms with E-state index in [1.165, 1.54) is 24.3 Å². The summed E-state index contributed by atoms with van der Waals surface area (Å²) in [6.07, 6.45) is 0.923. The van der Waals surface area contributed by atoms with E-state index in [0.717, 1.165) is 0 Å². The Morgan fingerprint density at radius 3 is 2.74 bits per heavy atom. The van der Waals surface area contributed by atoms with Crippen molar-refractivity contribution in [2.24, 2.45) is 0 Å². The molecule has 0 unspecified atom stereocenters. The van der Waals surface area contributed by atoms with E-state index >= 15 is 0 Å². The molecule has 0 aliphatic carbocycles. The summed E-state index contributed by atoms with van der Waals surface area (Å²) in [5, 5.41) is 19.5. The number of nitro groups is 1. The summed E-state index contributed by atoms with van der Waals surface area (Å²) < 4.78 is 4.89. The SMILES string of the molecule is CC(C)OC(=O)/C(C#N)=C\c1cccc([N+](=O)[O-])c1. The molecule has 0 spiro atoms. The summed E-state index contributed by atoms with van der Waals surface area (Å²) in [4.78, 5) is 21.6. The van der Waals surface area contributed by atoms with Crippen molar-refractivity contribution in [3.05, 3.63) is 45.5 Å². The number of nitro benzene ring substituents is 1. The minimum atomic E-state index is -0.746. The van der Waals surface area contributed by atoms with Gasteiger partial charge in [0.25, 0.3) is 5.69 Å². The normalized spacial score (nSPS) is 10.9. The van der Waals surface area contributed by atoms with Gasteiger partial charge in [-0.2, -0.15) is 5.26 Å². The molecule has 1 aromatic carbocycles. The van der Waals surface area contributed by atoms with Crippen molar-refractivity contribution in [2.75, 3.05) is 0 Å². The third kappa shape index (κ3) is 4.24. The van der Waals surface area contributed by atoms with Gasteiger partial charge in [0.1, 0.15) is 11.6 Å². The smallest absolute Gasteiger partial charge is 0.349 e. The van der Waals surface area contributed by atoms with Crippen molar-refractivity contribution in [3.8, 4) is 6.07 Å². The van der Waals surface area contributed by atoms with Crippen molar-refractivity contribution < 1.29 is 14.5 Å². The summed E-state index contributed by atoms with van der Waals surface area (Å²) in [7, 11) is 0. The highest BCUT2D eigenvalue weighted by Gasteiger charge is 2.13. The molecule has 0 aliphatic rings. The van der Waals surface area contributed by atoms with Crippen LogP contribution >= 0.6 is 0 Å². The molecule has 1 aromatic rings.